The molecule has 0 radical (unpaired) electrons. The number of hydrogen-bond acceptors (Lipinski definition) is 4. The van der Waals surface area contributed by atoms with Gasteiger partial charge in [0, 0.05) is 18.8 Å². The summed E-state index contributed by atoms with van der Waals surface area (Å²) in [5.74, 6) is 0.116. The molecule has 1 unspecified atom stereocenters. The number of nitrogens with one attached hydrogen (secondary N) is 1. The molecule has 1 aromatic rings. The third-order valence-electron chi connectivity index (χ3n) is 3.01. The highest BCUT2D eigenvalue weighted by Crippen LogP contribution is 2.13. The van der Waals surface area contributed by atoms with Crippen molar-refractivity contribution in [1.82, 2.24) is 0 Å². The summed E-state index contributed by atoms with van der Waals surface area (Å²) in [5, 5.41) is 21.5. The van der Waals surface area contributed by atoms with Crippen LogP contribution in [0.4, 0.5) is 10.1 Å². The van der Waals surface area contributed by atoms with Crippen LogP contribution in [0.2, 0.25) is 0 Å². The lowest BCUT2D eigenvalue weighted by molar-refractivity contribution is 0.0409. The zero-order chi connectivity index (χ0) is 15.7. The van der Waals surface area contributed by atoms with Crippen LogP contribution >= 0.6 is 0 Å². The van der Waals surface area contributed by atoms with Crippen molar-refractivity contribution >= 4 is 5.69 Å². The number of anilines is 1. The number of aliphatic hydroxyl groups is 1. The SMILES string of the molecule is CC(C)CCCOCC(O)CNc1ccc(F)c(C#N)c1. The number of hydrogen-bond donors (Lipinski definition) is 2. The molecule has 2 N–H and O–H groups in total. The van der Waals surface area contributed by atoms with E-state index in [4.69, 9.17) is 10.00 Å². The Hall–Kier alpha value is -1.64. The van der Waals surface area contributed by atoms with Crippen molar-refractivity contribution in [1.29, 1.82) is 5.26 Å². The molecule has 0 amide bonds. The maximum absolute atomic E-state index is 13.1. The fraction of sp³-hybridized carbons (Fsp3) is 0.562. The van der Waals surface area contributed by atoms with Gasteiger partial charge in [0.15, 0.2) is 0 Å². The molecule has 0 saturated carbocycles. The maximum Gasteiger partial charge on any atom is 0.141 e. The predicted octanol–water partition coefficient (Wildman–Crippen LogP) is 2.92. The molecule has 0 fully saturated rings. The van der Waals surface area contributed by atoms with Crippen LogP contribution in [-0.4, -0.2) is 31.0 Å². The van der Waals surface area contributed by atoms with E-state index in [0.717, 1.165) is 12.8 Å². The molecule has 21 heavy (non-hydrogen) atoms. The summed E-state index contributed by atoms with van der Waals surface area (Å²) in [4.78, 5) is 0. The van der Waals surface area contributed by atoms with Crippen LogP contribution in [-0.2, 0) is 4.74 Å². The van der Waals surface area contributed by atoms with Crippen LogP contribution in [0.15, 0.2) is 18.2 Å². The highest BCUT2D eigenvalue weighted by molar-refractivity contribution is 5.49. The minimum Gasteiger partial charge on any atom is -0.389 e. The lowest BCUT2D eigenvalue weighted by atomic mass is 10.1. The Kier molecular flexibility index (Phi) is 7.73. The van der Waals surface area contributed by atoms with E-state index in [-0.39, 0.29) is 12.2 Å². The second-order valence-corrected chi connectivity index (χ2v) is 5.45. The molecule has 0 spiro atoms. The van der Waals surface area contributed by atoms with Crippen LogP contribution in [0, 0.1) is 23.1 Å². The Bertz CT molecular complexity index is 472. The van der Waals surface area contributed by atoms with Gasteiger partial charge in [-0.3, -0.25) is 0 Å². The van der Waals surface area contributed by atoms with Gasteiger partial charge in [-0.2, -0.15) is 5.26 Å². The molecular weight excluding hydrogens is 271 g/mol. The molecule has 5 heteroatoms. The molecule has 116 valence electrons. The summed E-state index contributed by atoms with van der Waals surface area (Å²) in [5.41, 5.74) is 0.589. The van der Waals surface area contributed by atoms with Gasteiger partial charge in [-0.15, -0.1) is 0 Å². The molecule has 0 saturated heterocycles. The van der Waals surface area contributed by atoms with E-state index in [1.165, 1.54) is 18.2 Å². The quantitative estimate of drug-likeness (QED) is 0.687. The molecule has 0 aliphatic rings. The van der Waals surface area contributed by atoms with E-state index in [1.54, 1.807) is 6.07 Å². The van der Waals surface area contributed by atoms with Crippen LogP contribution < -0.4 is 5.32 Å². The molecule has 0 aliphatic carbocycles. The van der Waals surface area contributed by atoms with Gasteiger partial charge in [0.1, 0.15) is 11.9 Å². The number of aliphatic hydroxyl groups excluding tert-OH is 1. The fourth-order valence-electron chi connectivity index (χ4n) is 1.83. The van der Waals surface area contributed by atoms with Gasteiger partial charge in [-0.05, 0) is 37.0 Å². The number of nitrogens with zero attached hydrogens (tertiary/aromatic N) is 1. The summed E-state index contributed by atoms with van der Waals surface area (Å²) in [6.45, 7) is 5.52. The van der Waals surface area contributed by atoms with Gasteiger partial charge >= 0.3 is 0 Å². The van der Waals surface area contributed by atoms with Gasteiger partial charge in [-0.25, -0.2) is 4.39 Å². The molecular formula is C16H23FN2O2. The molecule has 0 bridgehead atoms. The number of nitriles is 1. The predicted molar refractivity (Wildman–Crippen MR) is 80.5 cm³/mol. The number of ether oxygens (including phenoxy) is 1. The Morgan fingerprint density at radius 3 is 2.86 bits per heavy atom. The zero-order valence-corrected chi connectivity index (χ0v) is 12.6. The lowest BCUT2D eigenvalue weighted by Gasteiger charge is -2.14. The van der Waals surface area contributed by atoms with Crippen LogP contribution in [0.5, 0.6) is 0 Å². The lowest BCUT2D eigenvalue weighted by Crippen LogP contribution is -2.25. The molecule has 0 aliphatic heterocycles. The monoisotopic (exact) mass is 294 g/mol. The first kappa shape index (κ1) is 17.4. The maximum atomic E-state index is 13.1. The van der Waals surface area contributed by atoms with Gasteiger partial charge < -0.3 is 15.2 Å². The number of rotatable bonds is 9. The minimum absolute atomic E-state index is 0.0144. The highest BCUT2D eigenvalue weighted by Gasteiger charge is 2.06. The van der Waals surface area contributed by atoms with E-state index in [9.17, 15) is 9.50 Å². The summed E-state index contributed by atoms with van der Waals surface area (Å²) in [7, 11) is 0. The van der Waals surface area contributed by atoms with Crippen molar-refractivity contribution in [2.45, 2.75) is 32.8 Å². The Labute approximate surface area is 125 Å². The Morgan fingerprint density at radius 2 is 2.19 bits per heavy atom. The Morgan fingerprint density at radius 1 is 1.43 bits per heavy atom. The molecule has 4 nitrogen and oxygen atoms in total. The van der Waals surface area contributed by atoms with Crippen molar-refractivity contribution in [3.05, 3.63) is 29.6 Å². The van der Waals surface area contributed by atoms with Gasteiger partial charge in [0.05, 0.1) is 18.3 Å². The first-order valence-corrected chi connectivity index (χ1v) is 7.22. The van der Waals surface area contributed by atoms with Crippen molar-refractivity contribution in [2.24, 2.45) is 5.92 Å². The standard InChI is InChI=1S/C16H23FN2O2/c1-12(2)4-3-7-21-11-15(20)10-19-14-5-6-16(17)13(8-14)9-18/h5-6,8,12,15,19-20H,3-4,7,10-11H2,1-2H3. The topological polar surface area (TPSA) is 65.3 Å². The van der Waals surface area contributed by atoms with Crippen molar-refractivity contribution < 1.29 is 14.2 Å². The largest absolute Gasteiger partial charge is 0.389 e. The van der Waals surface area contributed by atoms with E-state index in [2.05, 4.69) is 19.2 Å². The Balaban J connectivity index is 2.24. The number of halogens is 1. The van der Waals surface area contributed by atoms with E-state index in [1.807, 2.05) is 0 Å². The van der Waals surface area contributed by atoms with E-state index < -0.39 is 11.9 Å². The van der Waals surface area contributed by atoms with Gasteiger partial charge in [0.25, 0.3) is 0 Å². The van der Waals surface area contributed by atoms with Crippen molar-refractivity contribution in [3.8, 4) is 6.07 Å². The van der Waals surface area contributed by atoms with Gasteiger partial charge in [0.2, 0.25) is 0 Å². The number of benzene rings is 1. The van der Waals surface area contributed by atoms with E-state index >= 15 is 0 Å². The third-order valence-corrected chi connectivity index (χ3v) is 3.01. The fourth-order valence-corrected chi connectivity index (χ4v) is 1.83. The summed E-state index contributed by atoms with van der Waals surface area (Å²) >= 11 is 0. The second kappa shape index (κ2) is 9.32. The minimum atomic E-state index is -0.639. The van der Waals surface area contributed by atoms with E-state index in [0.29, 0.717) is 24.8 Å². The van der Waals surface area contributed by atoms with Crippen LogP contribution in [0.25, 0.3) is 0 Å². The first-order valence-electron chi connectivity index (χ1n) is 7.22. The summed E-state index contributed by atoms with van der Waals surface area (Å²) in [6.07, 6.45) is 1.46. The zero-order valence-electron chi connectivity index (χ0n) is 12.6. The molecule has 1 aromatic carbocycles. The first-order chi connectivity index (χ1) is 10.0. The second-order valence-electron chi connectivity index (χ2n) is 5.45. The summed E-state index contributed by atoms with van der Waals surface area (Å²) in [6, 6.07) is 5.97. The normalized spacial score (nSPS) is 12.2. The van der Waals surface area contributed by atoms with Crippen molar-refractivity contribution in [3.63, 3.8) is 0 Å². The average Bonchev–Trinajstić information content (AvgIpc) is 2.45. The van der Waals surface area contributed by atoms with Crippen molar-refractivity contribution in [2.75, 3.05) is 25.1 Å². The van der Waals surface area contributed by atoms with Gasteiger partial charge in [-0.1, -0.05) is 13.8 Å². The van der Waals surface area contributed by atoms with Crippen LogP contribution in [0.1, 0.15) is 32.3 Å². The molecule has 0 heterocycles. The highest BCUT2D eigenvalue weighted by atomic mass is 19.1. The summed E-state index contributed by atoms with van der Waals surface area (Å²) < 4.78 is 18.5. The molecule has 1 rings (SSSR count). The van der Waals surface area contributed by atoms with Crippen LogP contribution in [0.3, 0.4) is 0 Å². The smallest absolute Gasteiger partial charge is 0.141 e. The average molecular weight is 294 g/mol. The molecule has 0 aromatic heterocycles. The third kappa shape index (κ3) is 7.07. The molecule has 1 atom stereocenters.